The molecule has 0 radical (unpaired) electrons. The highest BCUT2D eigenvalue weighted by molar-refractivity contribution is 7.92. The Balaban J connectivity index is 2.04. The van der Waals surface area contributed by atoms with Gasteiger partial charge < -0.3 is 10.2 Å². The molecule has 2 atom stereocenters. The maximum Gasteiger partial charge on any atom is 0.264 e. The number of amides is 2. The zero-order valence-electron chi connectivity index (χ0n) is 23.1. The number of rotatable bonds is 12. The predicted octanol–water partition coefficient (Wildman–Crippen LogP) is 5.19. The molecule has 0 unspecified atom stereocenters. The molecule has 0 fully saturated rings. The van der Waals surface area contributed by atoms with Crippen molar-refractivity contribution in [2.45, 2.75) is 64.1 Å². The largest absolute Gasteiger partial charge is 0.352 e. The molecule has 7 nitrogen and oxygen atoms in total. The van der Waals surface area contributed by atoms with E-state index in [-0.39, 0.29) is 35.5 Å². The Morgan fingerprint density at radius 2 is 1.40 bits per heavy atom. The van der Waals surface area contributed by atoms with Gasteiger partial charge in [-0.05, 0) is 80.8 Å². The number of halogens is 2. The fourth-order valence-electron chi connectivity index (χ4n) is 4.12. The molecule has 1 N–H and O–H groups in total. The van der Waals surface area contributed by atoms with E-state index >= 15 is 0 Å². The van der Waals surface area contributed by atoms with Gasteiger partial charge in [-0.15, -0.1) is 0 Å². The van der Waals surface area contributed by atoms with Crippen LogP contribution in [0.2, 0.25) is 0 Å². The summed E-state index contributed by atoms with van der Waals surface area (Å²) in [7, 11) is -4.25. The lowest BCUT2D eigenvalue weighted by molar-refractivity contribution is -0.140. The van der Waals surface area contributed by atoms with Crippen LogP contribution in [0.3, 0.4) is 0 Å². The van der Waals surface area contributed by atoms with Gasteiger partial charge in [0.15, 0.2) is 0 Å². The minimum absolute atomic E-state index is 0.0399. The van der Waals surface area contributed by atoms with Crippen LogP contribution in [-0.2, 0) is 26.2 Å². The first-order chi connectivity index (χ1) is 19.0. The third kappa shape index (κ3) is 7.65. The Morgan fingerprint density at radius 3 is 1.93 bits per heavy atom. The summed E-state index contributed by atoms with van der Waals surface area (Å²) in [5.74, 6) is -2.03. The molecular weight excluding hydrogens is 536 g/mol. The van der Waals surface area contributed by atoms with Crippen molar-refractivity contribution in [1.82, 2.24) is 10.2 Å². The highest BCUT2D eigenvalue weighted by Crippen LogP contribution is 2.25. The minimum atomic E-state index is -4.25. The third-order valence-corrected chi connectivity index (χ3v) is 8.44. The van der Waals surface area contributed by atoms with Crippen molar-refractivity contribution in [2.75, 3.05) is 10.8 Å². The van der Waals surface area contributed by atoms with E-state index in [1.165, 1.54) is 53.4 Å². The lowest BCUT2D eigenvalue weighted by Crippen LogP contribution is -2.53. The Morgan fingerprint density at radius 1 is 0.850 bits per heavy atom. The minimum Gasteiger partial charge on any atom is -0.352 e. The van der Waals surface area contributed by atoms with Gasteiger partial charge in [0.25, 0.3) is 10.0 Å². The number of sulfonamides is 1. The first-order valence-corrected chi connectivity index (χ1v) is 14.6. The maximum absolute atomic E-state index is 13.9. The van der Waals surface area contributed by atoms with Gasteiger partial charge in [-0.25, -0.2) is 17.2 Å². The van der Waals surface area contributed by atoms with E-state index in [1.54, 1.807) is 19.1 Å². The number of carbonyl (C=O) groups is 2. The van der Waals surface area contributed by atoms with Crippen molar-refractivity contribution < 1.29 is 26.8 Å². The topological polar surface area (TPSA) is 86.8 Å². The fraction of sp³-hybridized carbons (Fsp3) is 0.333. The second-order valence-electron chi connectivity index (χ2n) is 9.69. The van der Waals surface area contributed by atoms with Gasteiger partial charge in [0.2, 0.25) is 11.8 Å². The maximum atomic E-state index is 13.9. The second-order valence-corrected chi connectivity index (χ2v) is 11.6. The summed E-state index contributed by atoms with van der Waals surface area (Å²) in [5, 5.41) is 2.90. The van der Waals surface area contributed by atoms with Crippen molar-refractivity contribution in [3.8, 4) is 0 Å². The summed E-state index contributed by atoms with van der Waals surface area (Å²) in [4.78, 5) is 28.5. The van der Waals surface area contributed by atoms with E-state index in [9.17, 15) is 26.8 Å². The Labute approximate surface area is 234 Å². The first kappa shape index (κ1) is 30.7. The summed E-state index contributed by atoms with van der Waals surface area (Å²) >= 11 is 0. The van der Waals surface area contributed by atoms with Gasteiger partial charge >= 0.3 is 0 Å². The summed E-state index contributed by atoms with van der Waals surface area (Å²) in [6.07, 6.45) is 0.942. The van der Waals surface area contributed by atoms with E-state index in [4.69, 9.17) is 0 Å². The predicted molar refractivity (Wildman–Crippen MR) is 151 cm³/mol. The molecule has 0 heterocycles. The monoisotopic (exact) mass is 571 g/mol. The number of nitrogens with one attached hydrogen (secondary N) is 1. The zero-order chi connectivity index (χ0) is 29.4. The van der Waals surface area contributed by atoms with Crippen LogP contribution >= 0.6 is 0 Å². The Kier molecular flexibility index (Phi) is 10.4. The standard InChI is InChI=1S/C30H35F2N3O4S/c1-5-22(4)33-30(37)28(6-2)34(19-23-9-11-24(31)12-10-23)29(36)20-35(26-15-13-25(32)14-16-26)40(38,39)27-17-7-21(3)8-18-27/h7-18,22,28H,5-6,19-20H2,1-4H3,(H,33,37)/t22-,28+/m0/s1. The number of hydrogen-bond donors (Lipinski definition) is 1. The van der Waals surface area contributed by atoms with E-state index in [0.717, 1.165) is 22.0 Å². The molecule has 0 bridgehead atoms. The summed E-state index contributed by atoms with van der Waals surface area (Å²) in [6.45, 7) is 6.65. The van der Waals surface area contributed by atoms with Gasteiger partial charge in [-0.1, -0.05) is 43.7 Å². The molecule has 0 aliphatic rings. The smallest absolute Gasteiger partial charge is 0.264 e. The van der Waals surface area contributed by atoms with Crippen LogP contribution in [0.4, 0.5) is 14.5 Å². The number of anilines is 1. The first-order valence-electron chi connectivity index (χ1n) is 13.2. The summed E-state index contributed by atoms with van der Waals surface area (Å²) in [6, 6.07) is 15.4. The number of benzene rings is 3. The summed E-state index contributed by atoms with van der Waals surface area (Å²) < 4.78 is 55.8. The molecule has 10 heteroatoms. The second kappa shape index (κ2) is 13.5. The van der Waals surface area contributed by atoms with Gasteiger partial charge in [0, 0.05) is 12.6 Å². The van der Waals surface area contributed by atoms with Crippen molar-refractivity contribution in [1.29, 1.82) is 0 Å². The lowest BCUT2D eigenvalue weighted by Gasteiger charge is -2.33. The molecule has 0 aromatic heterocycles. The van der Waals surface area contributed by atoms with Gasteiger partial charge in [-0.2, -0.15) is 0 Å². The Hall–Kier alpha value is -3.79. The normalized spacial score (nSPS) is 12.8. The SMILES string of the molecule is CC[C@H](C(=O)N[C@@H](C)CC)N(Cc1ccc(F)cc1)C(=O)CN(c1ccc(F)cc1)S(=O)(=O)c1ccc(C)cc1. The van der Waals surface area contributed by atoms with Crippen LogP contribution in [-0.4, -0.2) is 43.8 Å². The van der Waals surface area contributed by atoms with E-state index in [1.807, 2.05) is 20.8 Å². The van der Waals surface area contributed by atoms with Crippen molar-refractivity contribution in [2.24, 2.45) is 0 Å². The molecule has 0 saturated heterocycles. The average Bonchev–Trinajstić information content (AvgIpc) is 2.93. The van der Waals surface area contributed by atoms with E-state index in [2.05, 4.69) is 5.32 Å². The summed E-state index contributed by atoms with van der Waals surface area (Å²) in [5.41, 5.74) is 1.51. The van der Waals surface area contributed by atoms with Crippen LogP contribution in [0.25, 0.3) is 0 Å². The Bertz CT molecular complexity index is 1400. The van der Waals surface area contributed by atoms with E-state index in [0.29, 0.717) is 12.0 Å². The van der Waals surface area contributed by atoms with Crippen molar-refractivity contribution >= 4 is 27.5 Å². The molecule has 3 aromatic rings. The molecule has 3 aromatic carbocycles. The van der Waals surface area contributed by atoms with Gasteiger partial charge in [0.1, 0.15) is 24.2 Å². The highest BCUT2D eigenvalue weighted by atomic mass is 32.2. The van der Waals surface area contributed by atoms with Crippen LogP contribution in [0.5, 0.6) is 0 Å². The molecule has 0 spiro atoms. The van der Waals surface area contributed by atoms with Crippen LogP contribution in [0.1, 0.15) is 44.7 Å². The number of hydrogen-bond acceptors (Lipinski definition) is 4. The van der Waals surface area contributed by atoms with Crippen molar-refractivity contribution in [3.63, 3.8) is 0 Å². The molecule has 40 heavy (non-hydrogen) atoms. The molecule has 2 amide bonds. The molecule has 214 valence electrons. The highest BCUT2D eigenvalue weighted by Gasteiger charge is 2.34. The third-order valence-electron chi connectivity index (χ3n) is 6.66. The molecule has 0 saturated carbocycles. The van der Waals surface area contributed by atoms with Gasteiger partial charge in [-0.3, -0.25) is 13.9 Å². The molecular formula is C30H35F2N3O4S. The van der Waals surface area contributed by atoms with E-state index < -0.39 is 40.2 Å². The van der Waals surface area contributed by atoms with Crippen LogP contribution < -0.4 is 9.62 Å². The molecule has 0 aliphatic carbocycles. The number of nitrogens with zero attached hydrogens (tertiary/aromatic N) is 2. The lowest BCUT2D eigenvalue weighted by atomic mass is 10.1. The number of carbonyl (C=O) groups excluding carboxylic acids is 2. The zero-order valence-corrected chi connectivity index (χ0v) is 23.9. The average molecular weight is 572 g/mol. The molecule has 3 rings (SSSR count). The van der Waals surface area contributed by atoms with Crippen molar-refractivity contribution in [3.05, 3.63) is 95.6 Å². The van der Waals surface area contributed by atoms with Crippen LogP contribution in [0.15, 0.2) is 77.7 Å². The van der Waals surface area contributed by atoms with Gasteiger partial charge in [0.05, 0.1) is 10.6 Å². The quantitative estimate of drug-likeness (QED) is 0.324. The fourth-order valence-corrected chi connectivity index (χ4v) is 5.53. The molecule has 0 aliphatic heterocycles. The van der Waals surface area contributed by atoms with Crippen LogP contribution in [0, 0.1) is 18.6 Å². The number of aryl methyl sites for hydroxylation is 1.